The van der Waals surface area contributed by atoms with Crippen molar-refractivity contribution in [1.29, 1.82) is 0 Å². The summed E-state index contributed by atoms with van der Waals surface area (Å²) in [5, 5.41) is 13.6. The van der Waals surface area contributed by atoms with Crippen LogP contribution >= 0.6 is 0 Å². The first-order valence-electron chi connectivity index (χ1n) is 8.20. The standard InChI is InChI=1S/C19H16N4O4/c1-25-14-5-2-4-12(8-14)15-10-16(22-21-15)19(24)20-11-13-9-18(27-23-13)17-6-3-7-26-17/h2-10H,11H2,1H3,(H,20,24)(H,21,22). The molecule has 0 saturated carbocycles. The maximum atomic E-state index is 12.3. The molecular formula is C19H16N4O4. The summed E-state index contributed by atoms with van der Waals surface area (Å²) in [7, 11) is 1.60. The monoisotopic (exact) mass is 364 g/mol. The van der Waals surface area contributed by atoms with Crippen LogP contribution in [0.1, 0.15) is 16.2 Å². The van der Waals surface area contributed by atoms with Crippen LogP contribution in [0.4, 0.5) is 0 Å². The molecule has 4 aromatic rings. The van der Waals surface area contributed by atoms with Gasteiger partial charge < -0.3 is 19.0 Å². The van der Waals surface area contributed by atoms with E-state index in [2.05, 4.69) is 20.7 Å². The molecule has 0 aliphatic carbocycles. The fourth-order valence-corrected chi connectivity index (χ4v) is 2.56. The minimum atomic E-state index is -0.292. The van der Waals surface area contributed by atoms with Gasteiger partial charge >= 0.3 is 0 Å². The van der Waals surface area contributed by atoms with Crippen LogP contribution in [0.3, 0.4) is 0 Å². The largest absolute Gasteiger partial charge is 0.497 e. The van der Waals surface area contributed by atoms with Crippen LogP contribution < -0.4 is 10.1 Å². The SMILES string of the molecule is COc1cccc(-c2cc(C(=O)NCc3cc(-c4ccco4)on3)[nH]n2)c1. The summed E-state index contributed by atoms with van der Waals surface area (Å²) in [6.07, 6.45) is 1.55. The molecule has 1 aromatic carbocycles. The number of aromatic nitrogens is 3. The molecule has 2 N–H and O–H groups in total. The number of nitrogens with zero attached hydrogens (tertiary/aromatic N) is 2. The molecule has 3 heterocycles. The van der Waals surface area contributed by atoms with Crippen LogP contribution in [0.5, 0.6) is 5.75 Å². The summed E-state index contributed by atoms with van der Waals surface area (Å²) >= 11 is 0. The fourth-order valence-electron chi connectivity index (χ4n) is 2.56. The van der Waals surface area contributed by atoms with Gasteiger partial charge in [-0.2, -0.15) is 5.10 Å². The summed E-state index contributed by atoms with van der Waals surface area (Å²) in [5.74, 6) is 1.52. The van der Waals surface area contributed by atoms with Crippen LogP contribution in [-0.4, -0.2) is 28.4 Å². The Morgan fingerprint density at radius 3 is 2.93 bits per heavy atom. The molecule has 0 aliphatic rings. The molecule has 1 amide bonds. The average Bonchev–Trinajstić information content (AvgIpc) is 3.47. The Bertz CT molecular complexity index is 1050. The van der Waals surface area contributed by atoms with Crippen molar-refractivity contribution in [2.45, 2.75) is 6.54 Å². The van der Waals surface area contributed by atoms with E-state index >= 15 is 0 Å². The minimum absolute atomic E-state index is 0.219. The van der Waals surface area contributed by atoms with Gasteiger partial charge in [-0.25, -0.2) is 0 Å². The van der Waals surface area contributed by atoms with E-state index in [0.717, 1.165) is 11.3 Å². The van der Waals surface area contributed by atoms with E-state index in [1.165, 1.54) is 0 Å². The highest BCUT2D eigenvalue weighted by molar-refractivity contribution is 5.93. The number of rotatable bonds is 6. The Labute approximate surface area is 154 Å². The number of amides is 1. The number of H-pyrrole nitrogens is 1. The molecule has 0 saturated heterocycles. The van der Waals surface area contributed by atoms with Crippen LogP contribution in [0, 0.1) is 0 Å². The molecular weight excluding hydrogens is 348 g/mol. The van der Waals surface area contributed by atoms with Crippen LogP contribution in [-0.2, 0) is 6.54 Å². The predicted molar refractivity (Wildman–Crippen MR) is 96.0 cm³/mol. The second-order valence-corrected chi connectivity index (χ2v) is 5.74. The van der Waals surface area contributed by atoms with Crippen LogP contribution in [0.25, 0.3) is 22.8 Å². The molecule has 0 radical (unpaired) electrons. The Morgan fingerprint density at radius 1 is 1.19 bits per heavy atom. The summed E-state index contributed by atoms with van der Waals surface area (Å²) in [6.45, 7) is 0.219. The third kappa shape index (κ3) is 3.59. The molecule has 8 heteroatoms. The number of ether oxygens (including phenoxy) is 1. The lowest BCUT2D eigenvalue weighted by atomic mass is 10.1. The van der Waals surface area contributed by atoms with Gasteiger partial charge in [0.05, 0.1) is 25.6 Å². The highest BCUT2D eigenvalue weighted by Crippen LogP contribution is 2.23. The Kier molecular flexibility index (Phi) is 4.44. The molecule has 8 nitrogen and oxygen atoms in total. The van der Waals surface area contributed by atoms with Crippen molar-refractivity contribution in [3.05, 3.63) is 66.2 Å². The van der Waals surface area contributed by atoms with Gasteiger partial charge in [0, 0.05) is 11.6 Å². The van der Waals surface area contributed by atoms with Gasteiger partial charge in [-0.15, -0.1) is 0 Å². The summed E-state index contributed by atoms with van der Waals surface area (Å²) in [6, 6.07) is 14.4. The molecule has 3 aromatic heterocycles. The molecule has 0 spiro atoms. The first-order valence-corrected chi connectivity index (χ1v) is 8.20. The zero-order chi connectivity index (χ0) is 18.6. The molecule has 136 valence electrons. The first kappa shape index (κ1) is 16.6. The van der Waals surface area contributed by atoms with Gasteiger partial charge in [0.2, 0.25) is 5.76 Å². The number of hydrogen-bond donors (Lipinski definition) is 2. The van der Waals surface area contributed by atoms with Gasteiger partial charge in [-0.1, -0.05) is 17.3 Å². The molecule has 0 fully saturated rings. The highest BCUT2D eigenvalue weighted by atomic mass is 16.5. The van der Waals surface area contributed by atoms with Crippen molar-refractivity contribution in [3.63, 3.8) is 0 Å². The van der Waals surface area contributed by atoms with Crippen molar-refractivity contribution in [2.75, 3.05) is 7.11 Å². The van der Waals surface area contributed by atoms with E-state index in [0.29, 0.717) is 28.6 Å². The normalized spacial score (nSPS) is 10.7. The number of furan rings is 1. The quantitative estimate of drug-likeness (QED) is 0.544. The molecule has 0 unspecified atom stereocenters. The Balaban J connectivity index is 1.41. The lowest BCUT2D eigenvalue weighted by Crippen LogP contribution is -2.23. The van der Waals surface area contributed by atoms with Crippen LogP contribution in [0.15, 0.2) is 63.7 Å². The Hall–Kier alpha value is -3.81. The summed E-state index contributed by atoms with van der Waals surface area (Å²) < 4.78 is 15.7. The van der Waals surface area contributed by atoms with Crippen LogP contribution in [0.2, 0.25) is 0 Å². The maximum absolute atomic E-state index is 12.3. The molecule has 0 atom stereocenters. The second kappa shape index (κ2) is 7.20. The molecule has 0 aliphatic heterocycles. The number of hydrogen-bond acceptors (Lipinski definition) is 6. The van der Waals surface area contributed by atoms with Crippen molar-refractivity contribution in [3.8, 4) is 28.5 Å². The lowest BCUT2D eigenvalue weighted by molar-refractivity contribution is 0.0945. The highest BCUT2D eigenvalue weighted by Gasteiger charge is 2.13. The van der Waals surface area contributed by atoms with E-state index in [4.69, 9.17) is 13.7 Å². The topological polar surface area (TPSA) is 106 Å². The van der Waals surface area contributed by atoms with Gasteiger partial charge in [-0.3, -0.25) is 9.89 Å². The number of methoxy groups -OCH3 is 1. The zero-order valence-electron chi connectivity index (χ0n) is 14.4. The van der Waals surface area contributed by atoms with Crippen molar-refractivity contribution in [1.82, 2.24) is 20.7 Å². The van der Waals surface area contributed by atoms with Crippen molar-refractivity contribution < 1.29 is 18.5 Å². The van der Waals surface area contributed by atoms with E-state index in [1.54, 1.807) is 37.6 Å². The fraction of sp³-hybridized carbons (Fsp3) is 0.105. The minimum Gasteiger partial charge on any atom is -0.497 e. The Morgan fingerprint density at radius 2 is 2.11 bits per heavy atom. The van der Waals surface area contributed by atoms with Crippen molar-refractivity contribution in [2.24, 2.45) is 0 Å². The van der Waals surface area contributed by atoms with Gasteiger partial charge in [0.25, 0.3) is 5.91 Å². The lowest BCUT2D eigenvalue weighted by Gasteiger charge is -2.01. The summed E-state index contributed by atoms with van der Waals surface area (Å²) in [4.78, 5) is 12.3. The third-order valence-electron chi connectivity index (χ3n) is 3.94. The summed E-state index contributed by atoms with van der Waals surface area (Å²) in [5.41, 5.74) is 2.44. The average molecular weight is 364 g/mol. The molecule has 27 heavy (non-hydrogen) atoms. The molecule has 0 bridgehead atoms. The first-order chi connectivity index (χ1) is 13.2. The predicted octanol–water partition coefficient (Wildman–Crippen LogP) is 3.26. The zero-order valence-corrected chi connectivity index (χ0v) is 14.4. The number of carbonyl (C=O) groups is 1. The van der Waals surface area contributed by atoms with Gasteiger partial charge in [0.15, 0.2) is 5.76 Å². The molecule has 4 rings (SSSR count). The van der Waals surface area contributed by atoms with E-state index in [9.17, 15) is 4.79 Å². The maximum Gasteiger partial charge on any atom is 0.269 e. The number of carbonyl (C=O) groups excluding carboxylic acids is 1. The third-order valence-corrected chi connectivity index (χ3v) is 3.94. The second-order valence-electron chi connectivity index (χ2n) is 5.74. The number of benzene rings is 1. The van der Waals surface area contributed by atoms with Gasteiger partial charge in [0.1, 0.15) is 17.1 Å². The van der Waals surface area contributed by atoms with E-state index in [1.807, 2.05) is 24.3 Å². The smallest absolute Gasteiger partial charge is 0.269 e. The van der Waals surface area contributed by atoms with Crippen molar-refractivity contribution >= 4 is 5.91 Å². The van der Waals surface area contributed by atoms with Gasteiger partial charge in [-0.05, 0) is 30.3 Å². The number of nitrogens with one attached hydrogen (secondary N) is 2. The van der Waals surface area contributed by atoms with E-state index < -0.39 is 0 Å². The van der Waals surface area contributed by atoms with E-state index in [-0.39, 0.29) is 12.5 Å². The number of aromatic amines is 1.